The van der Waals surface area contributed by atoms with E-state index in [1.54, 1.807) is 18.2 Å². The summed E-state index contributed by atoms with van der Waals surface area (Å²) in [7, 11) is 0. The van der Waals surface area contributed by atoms with Gasteiger partial charge in [0.2, 0.25) is 5.89 Å². The number of alkyl halides is 3. The first-order valence-electron chi connectivity index (χ1n) is 10.1. The molecule has 0 radical (unpaired) electrons. The molecule has 3 aromatic carbocycles. The molecule has 1 aromatic heterocycles. The molecule has 2 N–H and O–H groups in total. The molecular weight excluding hydrogens is 476 g/mol. The summed E-state index contributed by atoms with van der Waals surface area (Å²) < 4.78 is 60.8. The Hall–Kier alpha value is -3.43. The van der Waals surface area contributed by atoms with Crippen LogP contribution in [-0.4, -0.2) is 22.6 Å². The first-order chi connectivity index (χ1) is 16.1. The molecule has 0 aliphatic carbocycles. The highest BCUT2D eigenvalue weighted by Gasteiger charge is 2.34. The first kappa shape index (κ1) is 23.7. The number of oxazole rings is 1. The molecule has 0 bridgehead atoms. The number of aliphatic carboxylic acids is 1. The standard InChI is InChI=1S/C24H17ClF4N2O3/c25-18-11-14(3-5-19(18)26)16-4-2-15(10-17(16)24(27,28)29)23-31-20-6-1-13(9-21(20)34-23)12-30-8-7-22(32)33/h1-6,9-11,30H,7-8,12H2,(H,32,33). The third-order valence-corrected chi connectivity index (χ3v) is 5.39. The summed E-state index contributed by atoms with van der Waals surface area (Å²) in [6.45, 7) is 0.688. The molecule has 0 spiro atoms. The lowest BCUT2D eigenvalue weighted by Gasteiger charge is -2.14. The third-order valence-electron chi connectivity index (χ3n) is 5.10. The summed E-state index contributed by atoms with van der Waals surface area (Å²) in [6, 6.07) is 12.2. The largest absolute Gasteiger partial charge is 0.481 e. The zero-order valence-electron chi connectivity index (χ0n) is 17.4. The number of benzene rings is 3. The number of aromatic nitrogens is 1. The number of hydrogen-bond donors (Lipinski definition) is 2. The molecule has 0 saturated carbocycles. The van der Waals surface area contributed by atoms with Gasteiger partial charge in [0.1, 0.15) is 11.3 Å². The number of nitrogens with zero attached hydrogens (tertiary/aromatic N) is 1. The summed E-state index contributed by atoms with van der Waals surface area (Å²) in [5.74, 6) is -1.62. The monoisotopic (exact) mass is 492 g/mol. The molecule has 4 aromatic rings. The number of fused-ring (bicyclic) bond motifs is 1. The number of carboxylic acids is 1. The molecule has 4 rings (SSSR count). The topological polar surface area (TPSA) is 75.4 Å². The Balaban J connectivity index is 1.66. The van der Waals surface area contributed by atoms with Gasteiger partial charge in [-0.2, -0.15) is 13.2 Å². The van der Waals surface area contributed by atoms with E-state index in [-0.39, 0.29) is 34.0 Å². The molecule has 1 heterocycles. The lowest BCUT2D eigenvalue weighted by Crippen LogP contribution is -2.17. The minimum absolute atomic E-state index is 0.0141. The van der Waals surface area contributed by atoms with E-state index in [4.69, 9.17) is 21.1 Å². The number of nitrogens with one attached hydrogen (secondary N) is 1. The normalized spacial score (nSPS) is 11.8. The Morgan fingerprint density at radius 2 is 1.82 bits per heavy atom. The summed E-state index contributed by atoms with van der Waals surface area (Å²) in [5.41, 5.74) is 0.828. The molecule has 0 unspecified atom stereocenters. The van der Waals surface area contributed by atoms with Crippen LogP contribution in [0.5, 0.6) is 0 Å². The minimum atomic E-state index is -4.69. The van der Waals surface area contributed by atoms with Crippen LogP contribution in [0, 0.1) is 5.82 Å². The molecule has 0 amide bonds. The van der Waals surface area contributed by atoms with E-state index in [2.05, 4.69) is 10.3 Å². The zero-order chi connectivity index (χ0) is 24.5. The maximum atomic E-state index is 13.9. The van der Waals surface area contributed by atoms with Crippen molar-refractivity contribution in [1.82, 2.24) is 10.3 Å². The van der Waals surface area contributed by atoms with Crippen molar-refractivity contribution >= 4 is 28.7 Å². The summed E-state index contributed by atoms with van der Waals surface area (Å²) in [4.78, 5) is 14.9. The number of hydrogen-bond acceptors (Lipinski definition) is 4. The highest BCUT2D eigenvalue weighted by atomic mass is 35.5. The van der Waals surface area contributed by atoms with Gasteiger partial charge < -0.3 is 14.8 Å². The summed E-state index contributed by atoms with van der Waals surface area (Å²) in [5, 5.41) is 11.4. The summed E-state index contributed by atoms with van der Waals surface area (Å²) >= 11 is 5.76. The molecule has 0 fully saturated rings. The molecule has 0 saturated heterocycles. The van der Waals surface area contributed by atoms with Gasteiger partial charge in [-0.15, -0.1) is 0 Å². The Labute approximate surface area is 196 Å². The quantitative estimate of drug-likeness (QED) is 0.226. The molecule has 34 heavy (non-hydrogen) atoms. The highest BCUT2D eigenvalue weighted by molar-refractivity contribution is 6.31. The maximum Gasteiger partial charge on any atom is 0.417 e. The van der Waals surface area contributed by atoms with E-state index in [0.717, 1.165) is 23.8 Å². The van der Waals surface area contributed by atoms with Gasteiger partial charge in [-0.1, -0.05) is 29.8 Å². The van der Waals surface area contributed by atoms with Crippen LogP contribution in [0.4, 0.5) is 17.6 Å². The van der Waals surface area contributed by atoms with Crippen LogP contribution in [0.3, 0.4) is 0 Å². The van der Waals surface area contributed by atoms with E-state index in [1.807, 2.05) is 0 Å². The Kier molecular flexibility index (Phi) is 6.58. The van der Waals surface area contributed by atoms with Crippen LogP contribution in [0.1, 0.15) is 17.5 Å². The zero-order valence-corrected chi connectivity index (χ0v) is 18.2. The smallest absolute Gasteiger partial charge is 0.417 e. The summed E-state index contributed by atoms with van der Waals surface area (Å²) in [6.07, 6.45) is -4.70. The van der Waals surface area contributed by atoms with Crippen molar-refractivity contribution in [3.8, 4) is 22.6 Å². The van der Waals surface area contributed by atoms with E-state index >= 15 is 0 Å². The average Bonchev–Trinajstić information content (AvgIpc) is 3.21. The number of carbonyl (C=O) groups is 1. The van der Waals surface area contributed by atoms with Crippen molar-refractivity contribution in [2.75, 3.05) is 6.54 Å². The predicted octanol–water partition coefficient (Wildman–Crippen LogP) is 6.54. The molecule has 0 atom stereocenters. The highest BCUT2D eigenvalue weighted by Crippen LogP contribution is 2.40. The lowest BCUT2D eigenvalue weighted by molar-refractivity contribution is -0.137. The molecule has 5 nitrogen and oxygen atoms in total. The van der Waals surface area contributed by atoms with Crippen molar-refractivity contribution in [2.45, 2.75) is 19.1 Å². The fourth-order valence-corrected chi connectivity index (χ4v) is 3.64. The van der Waals surface area contributed by atoms with Crippen molar-refractivity contribution in [1.29, 1.82) is 0 Å². The van der Waals surface area contributed by atoms with E-state index in [0.29, 0.717) is 24.2 Å². The lowest BCUT2D eigenvalue weighted by atomic mass is 9.97. The average molecular weight is 493 g/mol. The van der Waals surface area contributed by atoms with Crippen molar-refractivity contribution in [2.24, 2.45) is 0 Å². The number of rotatable bonds is 7. The van der Waals surface area contributed by atoms with Gasteiger partial charge in [0, 0.05) is 18.7 Å². The first-order valence-corrected chi connectivity index (χ1v) is 10.5. The Morgan fingerprint density at radius 1 is 1.06 bits per heavy atom. The van der Waals surface area contributed by atoms with Gasteiger partial charge in [0.05, 0.1) is 17.0 Å². The third kappa shape index (κ3) is 5.21. The van der Waals surface area contributed by atoms with Gasteiger partial charge >= 0.3 is 12.1 Å². The van der Waals surface area contributed by atoms with Gasteiger partial charge in [-0.05, 0) is 53.1 Å². The molecule has 10 heteroatoms. The predicted molar refractivity (Wildman–Crippen MR) is 119 cm³/mol. The van der Waals surface area contributed by atoms with Gasteiger partial charge in [0.25, 0.3) is 0 Å². The second-order valence-electron chi connectivity index (χ2n) is 7.53. The Morgan fingerprint density at radius 3 is 2.53 bits per heavy atom. The van der Waals surface area contributed by atoms with E-state index in [9.17, 15) is 22.4 Å². The molecule has 0 aliphatic rings. The van der Waals surface area contributed by atoms with Gasteiger partial charge in [-0.3, -0.25) is 4.79 Å². The number of halogens is 5. The molecular formula is C24H17ClF4N2O3. The van der Waals surface area contributed by atoms with Crippen LogP contribution < -0.4 is 5.32 Å². The molecule has 176 valence electrons. The van der Waals surface area contributed by atoms with Crippen LogP contribution in [-0.2, 0) is 17.5 Å². The number of carboxylic acid groups (broad SMARTS) is 1. The molecule has 0 aliphatic heterocycles. The second kappa shape index (κ2) is 9.44. The van der Waals surface area contributed by atoms with Crippen molar-refractivity contribution in [3.05, 3.63) is 76.6 Å². The fraction of sp³-hybridized carbons (Fsp3) is 0.167. The van der Waals surface area contributed by atoms with E-state index < -0.39 is 23.5 Å². The van der Waals surface area contributed by atoms with Crippen LogP contribution in [0.25, 0.3) is 33.7 Å². The van der Waals surface area contributed by atoms with Crippen LogP contribution in [0.2, 0.25) is 5.02 Å². The van der Waals surface area contributed by atoms with Gasteiger partial charge in [0.15, 0.2) is 5.58 Å². The maximum absolute atomic E-state index is 13.9. The minimum Gasteiger partial charge on any atom is -0.481 e. The van der Waals surface area contributed by atoms with Crippen molar-refractivity contribution in [3.63, 3.8) is 0 Å². The Bertz CT molecular complexity index is 1370. The fourth-order valence-electron chi connectivity index (χ4n) is 3.46. The SMILES string of the molecule is O=C(O)CCNCc1ccc2nc(-c3ccc(-c4ccc(F)c(Cl)c4)c(C(F)(F)F)c3)oc2c1. The van der Waals surface area contributed by atoms with E-state index in [1.165, 1.54) is 18.2 Å². The second-order valence-corrected chi connectivity index (χ2v) is 7.94. The van der Waals surface area contributed by atoms with Crippen LogP contribution >= 0.6 is 11.6 Å². The van der Waals surface area contributed by atoms with Gasteiger partial charge in [-0.25, -0.2) is 9.37 Å². The van der Waals surface area contributed by atoms with Crippen LogP contribution in [0.15, 0.2) is 59.0 Å². The van der Waals surface area contributed by atoms with Crippen molar-refractivity contribution < 1.29 is 31.9 Å².